The first-order chi connectivity index (χ1) is 17.7. The normalized spacial score (nSPS) is 16.7. The number of alkyl halides is 2. The van der Waals surface area contributed by atoms with Crippen molar-refractivity contribution in [3.8, 4) is 5.75 Å². The third-order valence-electron chi connectivity index (χ3n) is 6.05. The van der Waals surface area contributed by atoms with Crippen molar-refractivity contribution in [2.45, 2.75) is 25.5 Å². The summed E-state index contributed by atoms with van der Waals surface area (Å²) < 4.78 is 36.5. The fourth-order valence-corrected chi connectivity index (χ4v) is 4.96. The number of benzene rings is 1. The molecule has 0 spiro atoms. The number of hydrogen-bond acceptors (Lipinski definition) is 7. The fraction of sp³-hybridized carbons (Fsp3) is 0.458. The van der Waals surface area contributed by atoms with Crippen LogP contribution in [0.3, 0.4) is 0 Å². The highest BCUT2D eigenvalue weighted by molar-refractivity contribution is 7.18. The molecule has 200 valence electrons. The average Bonchev–Trinajstić information content (AvgIpc) is 3.55. The number of anilines is 2. The summed E-state index contributed by atoms with van der Waals surface area (Å²) in [5, 5.41) is 5.51. The second-order valence-corrected chi connectivity index (χ2v) is 10.6. The Labute approximate surface area is 221 Å². The molecule has 1 aromatic heterocycles. The number of amides is 3. The van der Waals surface area contributed by atoms with Gasteiger partial charge >= 0.3 is 6.61 Å². The van der Waals surface area contributed by atoms with Crippen molar-refractivity contribution >= 4 is 52.0 Å². The molecule has 2 aliphatic rings. The smallest absolute Gasteiger partial charge is 0.387 e. The van der Waals surface area contributed by atoms with Gasteiger partial charge in [0, 0.05) is 31.4 Å². The Hall–Kier alpha value is -2.80. The van der Waals surface area contributed by atoms with Crippen molar-refractivity contribution in [2.75, 3.05) is 50.1 Å². The zero-order chi connectivity index (χ0) is 26.5. The van der Waals surface area contributed by atoms with E-state index in [1.54, 1.807) is 19.2 Å². The number of morpholine rings is 1. The monoisotopic (exact) mass is 556 g/mol. The van der Waals surface area contributed by atoms with Gasteiger partial charge in [0.1, 0.15) is 12.6 Å². The molecule has 0 radical (unpaired) electrons. The van der Waals surface area contributed by atoms with E-state index in [1.165, 1.54) is 23.1 Å². The Morgan fingerprint density at radius 3 is 2.73 bits per heavy atom. The van der Waals surface area contributed by atoms with Crippen LogP contribution in [0.4, 0.5) is 20.2 Å². The second kappa shape index (κ2) is 12.2. The van der Waals surface area contributed by atoms with Gasteiger partial charge in [0.15, 0.2) is 5.75 Å². The Bertz CT molecular complexity index is 1150. The van der Waals surface area contributed by atoms with Crippen molar-refractivity contribution in [1.82, 2.24) is 10.2 Å². The van der Waals surface area contributed by atoms with Crippen LogP contribution in [0.5, 0.6) is 5.75 Å². The van der Waals surface area contributed by atoms with Crippen LogP contribution in [0.15, 0.2) is 30.3 Å². The van der Waals surface area contributed by atoms with Gasteiger partial charge in [-0.05, 0) is 50.1 Å². The fourth-order valence-electron chi connectivity index (χ4n) is 4.00. The number of hydrogen-bond donors (Lipinski definition) is 2. The predicted molar refractivity (Wildman–Crippen MR) is 136 cm³/mol. The lowest BCUT2D eigenvalue weighted by atomic mass is 10.2. The highest BCUT2D eigenvalue weighted by atomic mass is 35.5. The van der Waals surface area contributed by atoms with E-state index in [9.17, 15) is 23.2 Å². The quantitative estimate of drug-likeness (QED) is 0.440. The molecule has 13 heteroatoms. The molecule has 1 saturated heterocycles. The number of halogens is 3. The van der Waals surface area contributed by atoms with Gasteiger partial charge in [-0.3, -0.25) is 19.3 Å². The minimum absolute atomic E-state index is 0.0319. The number of likely N-dealkylation sites (N-methyl/N-ethyl adjacent to an activating group) is 1. The van der Waals surface area contributed by atoms with E-state index in [1.807, 2.05) is 4.90 Å². The predicted octanol–water partition coefficient (Wildman–Crippen LogP) is 3.45. The molecule has 9 nitrogen and oxygen atoms in total. The lowest BCUT2D eigenvalue weighted by Gasteiger charge is -2.29. The van der Waals surface area contributed by atoms with Crippen LogP contribution < -0.4 is 20.3 Å². The van der Waals surface area contributed by atoms with Crippen molar-refractivity contribution in [3.63, 3.8) is 0 Å². The van der Waals surface area contributed by atoms with Crippen LogP contribution in [-0.2, 0) is 14.3 Å². The van der Waals surface area contributed by atoms with Gasteiger partial charge < -0.3 is 25.0 Å². The summed E-state index contributed by atoms with van der Waals surface area (Å²) in [5.41, 5.74) is 0.377. The number of nitrogens with zero attached hydrogens (tertiary/aromatic N) is 2. The van der Waals surface area contributed by atoms with E-state index in [2.05, 4.69) is 15.4 Å². The van der Waals surface area contributed by atoms with E-state index in [0.29, 0.717) is 21.7 Å². The van der Waals surface area contributed by atoms with Crippen LogP contribution in [0.1, 0.15) is 22.5 Å². The number of nitrogens with one attached hydrogen (secondary N) is 2. The minimum Gasteiger partial charge on any atom is -0.433 e. The zero-order valence-electron chi connectivity index (χ0n) is 20.0. The Morgan fingerprint density at radius 2 is 2.08 bits per heavy atom. The minimum atomic E-state index is -3.13. The van der Waals surface area contributed by atoms with Crippen LogP contribution >= 0.6 is 22.9 Å². The van der Waals surface area contributed by atoms with Gasteiger partial charge in [0.05, 0.1) is 21.5 Å². The average molecular weight is 557 g/mol. The first-order valence-corrected chi connectivity index (χ1v) is 12.9. The first kappa shape index (κ1) is 27.2. The van der Waals surface area contributed by atoms with Gasteiger partial charge in [-0.25, -0.2) is 0 Å². The van der Waals surface area contributed by atoms with Crippen molar-refractivity contribution < 1.29 is 32.6 Å². The number of carbonyl (C=O) groups excluding carboxylic acids is 3. The molecule has 2 heterocycles. The molecule has 1 saturated carbocycles. The van der Waals surface area contributed by atoms with Crippen LogP contribution in [0, 0.1) is 5.92 Å². The number of carbonyl (C=O) groups is 3. The number of ether oxygens (including phenoxy) is 2. The first-order valence-electron chi connectivity index (χ1n) is 11.7. The third kappa shape index (κ3) is 7.37. The molecule has 0 unspecified atom stereocenters. The van der Waals surface area contributed by atoms with Gasteiger partial charge in [-0.2, -0.15) is 8.78 Å². The van der Waals surface area contributed by atoms with E-state index in [0.717, 1.165) is 24.2 Å². The van der Waals surface area contributed by atoms with Crippen LogP contribution in [0.2, 0.25) is 4.34 Å². The van der Waals surface area contributed by atoms with Gasteiger partial charge in [-0.1, -0.05) is 11.6 Å². The van der Waals surface area contributed by atoms with E-state index in [4.69, 9.17) is 16.3 Å². The molecule has 4 rings (SSSR count). The summed E-state index contributed by atoms with van der Waals surface area (Å²) in [6, 6.07) is 6.72. The van der Waals surface area contributed by atoms with Gasteiger partial charge in [0.2, 0.25) is 5.91 Å². The third-order valence-corrected chi connectivity index (χ3v) is 7.28. The molecule has 1 aromatic carbocycles. The Morgan fingerprint density at radius 1 is 1.30 bits per heavy atom. The topological polar surface area (TPSA) is 100 Å². The van der Waals surface area contributed by atoms with E-state index >= 15 is 0 Å². The Kier molecular flexibility index (Phi) is 8.95. The zero-order valence-corrected chi connectivity index (χ0v) is 21.6. The van der Waals surface area contributed by atoms with Gasteiger partial charge in [0.25, 0.3) is 11.8 Å². The summed E-state index contributed by atoms with van der Waals surface area (Å²) in [6.45, 7) is -2.13. The van der Waals surface area contributed by atoms with Crippen LogP contribution in [0.25, 0.3) is 0 Å². The van der Waals surface area contributed by atoms with Crippen molar-refractivity contribution in [1.29, 1.82) is 0 Å². The standard InChI is InChI=1S/C24H27ClF2N4O5S/c1-30(12-14-2-3-14)17(11-28-23(34)19-6-7-20(25)37-19)22(33)29-15-4-5-16(18(10-15)36-24(26)27)31-8-9-35-13-21(31)32/h4-7,10,14,17,24H,2-3,8-9,11-13H2,1H3,(H,28,34)(H,29,33)/t17-/m1/s1. The molecule has 1 atom stereocenters. The molecule has 2 N–H and O–H groups in total. The molecule has 2 fully saturated rings. The van der Waals surface area contributed by atoms with Crippen molar-refractivity contribution in [2.24, 2.45) is 5.92 Å². The SMILES string of the molecule is CN(CC1CC1)[C@H](CNC(=O)c1ccc(Cl)s1)C(=O)Nc1ccc(N2CCOCC2=O)c(OC(F)F)c1. The van der Waals surface area contributed by atoms with E-state index < -0.39 is 18.6 Å². The molecule has 0 bridgehead atoms. The van der Waals surface area contributed by atoms with Crippen LogP contribution in [-0.4, -0.2) is 75.2 Å². The largest absolute Gasteiger partial charge is 0.433 e. The van der Waals surface area contributed by atoms with E-state index in [-0.39, 0.29) is 55.2 Å². The molecule has 2 aromatic rings. The van der Waals surface area contributed by atoms with Gasteiger partial charge in [-0.15, -0.1) is 11.3 Å². The summed E-state index contributed by atoms with van der Waals surface area (Å²) >= 11 is 7.05. The molecular formula is C24H27ClF2N4O5S. The highest BCUT2D eigenvalue weighted by Crippen LogP contribution is 2.34. The lowest BCUT2D eigenvalue weighted by molar-refractivity contribution is -0.126. The molecule has 3 amide bonds. The summed E-state index contributed by atoms with van der Waals surface area (Å²) in [7, 11) is 1.80. The Balaban J connectivity index is 1.49. The van der Waals surface area contributed by atoms with Crippen molar-refractivity contribution in [3.05, 3.63) is 39.5 Å². The second-order valence-electron chi connectivity index (χ2n) is 8.86. The molecule has 1 aliphatic carbocycles. The maximum Gasteiger partial charge on any atom is 0.387 e. The summed E-state index contributed by atoms with van der Waals surface area (Å²) in [6.07, 6.45) is 2.16. The molecule has 37 heavy (non-hydrogen) atoms. The maximum atomic E-state index is 13.3. The maximum absolute atomic E-state index is 13.3. The lowest BCUT2D eigenvalue weighted by Crippen LogP contribution is -2.49. The number of thiophene rings is 1. The highest BCUT2D eigenvalue weighted by Gasteiger charge is 2.31. The number of rotatable bonds is 11. The summed E-state index contributed by atoms with van der Waals surface area (Å²) in [4.78, 5) is 41.6. The summed E-state index contributed by atoms with van der Waals surface area (Å²) in [5.74, 6) is -0.906. The molecule has 1 aliphatic heterocycles. The molecular weight excluding hydrogens is 530 g/mol.